The molecule has 1 saturated carbocycles. The number of aliphatic hydroxyl groups excluding tert-OH is 1. The molecular formula is C45H77N5O10Si2. The third kappa shape index (κ3) is 17.9. The van der Waals surface area contributed by atoms with Crippen molar-refractivity contribution in [2.24, 2.45) is 23.7 Å². The summed E-state index contributed by atoms with van der Waals surface area (Å²) in [6.45, 7) is 19.2. The molecule has 0 bridgehead atoms. The molecule has 15 nitrogen and oxygen atoms in total. The van der Waals surface area contributed by atoms with Gasteiger partial charge in [0.05, 0.1) is 44.2 Å². The van der Waals surface area contributed by atoms with Crippen molar-refractivity contribution >= 4 is 46.3 Å². The van der Waals surface area contributed by atoms with Gasteiger partial charge in [-0.05, 0) is 96.6 Å². The molecule has 17 heteroatoms. The number of carbonyl (C=O) groups excluding carboxylic acids is 5. The van der Waals surface area contributed by atoms with Crippen molar-refractivity contribution in [3.8, 4) is 0 Å². The van der Waals surface area contributed by atoms with Crippen molar-refractivity contribution in [1.29, 1.82) is 0 Å². The summed E-state index contributed by atoms with van der Waals surface area (Å²) in [5, 5.41) is 17.7. The lowest BCUT2D eigenvalue weighted by molar-refractivity contribution is -0.152. The number of rotatable bonds is 31. The Labute approximate surface area is 372 Å². The number of hydrogen-bond donors (Lipinski definition) is 1. The highest BCUT2D eigenvalue weighted by molar-refractivity contribution is 6.84. The molecule has 2 heterocycles. The Morgan fingerprint density at radius 1 is 0.839 bits per heavy atom. The van der Waals surface area contributed by atoms with Gasteiger partial charge in [0, 0.05) is 39.1 Å². The number of carbonyl (C=O) groups is 5. The highest BCUT2D eigenvalue weighted by atomic mass is 28.4. The van der Waals surface area contributed by atoms with Crippen LogP contribution in [0.25, 0.3) is 0 Å². The maximum atomic E-state index is 13.5. The van der Waals surface area contributed by atoms with Gasteiger partial charge in [-0.25, -0.2) is 4.79 Å². The third-order valence-electron chi connectivity index (χ3n) is 11.6. The summed E-state index contributed by atoms with van der Waals surface area (Å²) in [7, 11) is -3.43. The molecule has 3 amide bonds. The minimum atomic E-state index is -1.78. The Morgan fingerprint density at radius 2 is 1.48 bits per heavy atom. The van der Waals surface area contributed by atoms with E-state index >= 15 is 0 Å². The van der Waals surface area contributed by atoms with Gasteiger partial charge in [0.1, 0.15) is 18.4 Å². The highest BCUT2D eigenvalue weighted by Crippen LogP contribution is 2.48. The van der Waals surface area contributed by atoms with Crippen molar-refractivity contribution in [2.75, 3.05) is 39.5 Å². The predicted octanol–water partition coefficient (Wildman–Crippen LogP) is 6.83. The number of likely N-dealkylation sites (tertiary alicyclic amines) is 1. The summed E-state index contributed by atoms with van der Waals surface area (Å²) in [6.07, 6.45) is 16.0. The Morgan fingerprint density at radius 3 is 2.11 bits per heavy atom. The molecule has 1 aliphatic heterocycles. The lowest BCUT2D eigenvalue weighted by Crippen LogP contribution is -2.44. The molecule has 0 aromatic carbocycles. The first-order valence-corrected chi connectivity index (χ1v) is 29.3. The van der Waals surface area contributed by atoms with Crippen molar-refractivity contribution in [1.82, 2.24) is 24.8 Å². The second-order valence-corrected chi connectivity index (χ2v) is 26.9. The van der Waals surface area contributed by atoms with Crippen molar-refractivity contribution in [2.45, 2.75) is 156 Å². The van der Waals surface area contributed by atoms with E-state index in [0.717, 1.165) is 31.7 Å². The molecule has 3 rings (SSSR count). The van der Waals surface area contributed by atoms with Crippen LogP contribution in [0.4, 0.5) is 0 Å². The average molecular weight is 904 g/mol. The Kier molecular flexibility index (Phi) is 23.0. The van der Waals surface area contributed by atoms with Crippen LogP contribution in [0.1, 0.15) is 104 Å². The van der Waals surface area contributed by atoms with Gasteiger partial charge in [-0.1, -0.05) is 62.1 Å². The largest absolute Gasteiger partial charge is 0.464 e. The average Bonchev–Trinajstić information content (AvgIpc) is 3.89. The van der Waals surface area contributed by atoms with E-state index in [1.165, 1.54) is 30.7 Å². The third-order valence-corrected chi connectivity index (χ3v) is 19.1. The van der Waals surface area contributed by atoms with Gasteiger partial charge in [0.15, 0.2) is 16.6 Å². The fourth-order valence-corrected chi connectivity index (χ4v) is 17.7. The molecule has 2 fully saturated rings. The number of aryl methyl sites for hydroxylation is 1. The maximum Gasteiger partial charge on any atom is 0.334 e. The van der Waals surface area contributed by atoms with Crippen LogP contribution in [-0.4, -0.2) is 122 Å². The monoisotopic (exact) mass is 904 g/mol. The summed E-state index contributed by atoms with van der Waals surface area (Å²) in [4.78, 5) is 67.7. The van der Waals surface area contributed by atoms with Crippen molar-refractivity contribution < 1.29 is 47.4 Å². The van der Waals surface area contributed by atoms with Crippen molar-refractivity contribution in [3.63, 3.8) is 0 Å². The van der Waals surface area contributed by atoms with Gasteiger partial charge in [0.2, 0.25) is 17.7 Å². The van der Waals surface area contributed by atoms with E-state index in [1.54, 1.807) is 15.8 Å². The fraction of sp³-hybridized carbons (Fsp3) is 0.756. The molecule has 350 valence electrons. The number of imide groups is 1. The standard InChI is InChI=1S/C45H77N5O10Si2/c1-9-12-30-61(5,6)60-62(7,8)31-18-26-57-28-29-58-40(53)22-21-39(52)48(33-38-34-49(47-46-38)24-17-27-59-45(56)35(4)51)23-15-13-14-16-25-50-43(54)41-36(19-10-2)32-37(20-11-3)42(41)44(50)55/h10-11,19-20,34-37,41-42,51H,9,12-18,21-33H2,1-8H3. The van der Waals surface area contributed by atoms with Gasteiger partial charge in [-0.3, -0.25) is 28.8 Å². The molecule has 1 aromatic heterocycles. The van der Waals surface area contributed by atoms with Gasteiger partial charge >= 0.3 is 11.9 Å². The van der Waals surface area contributed by atoms with Crippen LogP contribution in [-0.2, 0) is 55.4 Å². The summed E-state index contributed by atoms with van der Waals surface area (Å²) in [5.74, 6) is -1.92. The topological polar surface area (TPSA) is 180 Å². The van der Waals surface area contributed by atoms with Crippen LogP contribution >= 0.6 is 0 Å². The Hall–Kier alpha value is -3.52. The minimum Gasteiger partial charge on any atom is -0.464 e. The number of aliphatic hydroxyl groups is 1. The van der Waals surface area contributed by atoms with E-state index in [4.69, 9.17) is 18.3 Å². The predicted molar refractivity (Wildman–Crippen MR) is 242 cm³/mol. The van der Waals surface area contributed by atoms with E-state index in [-0.39, 0.29) is 74.0 Å². The smallest absolute Gasteiger partial charge is 0.334 e. The number of amides is 3. The number of fused-ring (bicyclic) bond motifs is 1. The SMILES string of the molecule is CC=CC1CC(C=CC)C2C(=O)N(CCCCCCN(Cc3cn(CCCOC(=O)C(C)O)nn3)C(=O)CCC(=O)OCCOCCC[Si](C)(C)O[Si](C)(C)CCCC)C(=O)C12. The van der Waals surface area contributed by atoms with Crippen LogP contribution in [0.2, 0.25) is 38.3 Å². The molecule has 1 N–H and O–H groups in total. The summed E-state index contributed by atoms with van der Waals surface area (Å²) < 4.78 is 24.4. The molecule has 1 saturated heterocycles. The second kappa shape index (κ2) is 27.0. The minimum absolute atomic E-state index is 0.0238. The van der Waals surface area contributed by atoms with E-state index in [9.17, 15) is 29.1 Å². The van der Waals surface area contributed by atoms with E-state index < -0.39 is 34.7 Å². The van der Waals surface area contributed by atoms with Crippen LogP contribution in [0.15, 0.2) is 30.5 Å². The molecule has 62 heavy (non-hydrogen) atoms. The van der Waals surface area contributed by atoms with Crippen LogP contribution in [0.3, 0.4) is 0 Å². The molecule has 0 spiro atoms. The summed E-state index contributed by atoms with van der Waals surface area (Å²) in [6, 6.07) is 2.21. The number of aromatic nitrogens is 3. The van der Waals surface area contributed by atoms with Crippen LogP contribution in [0, 0.1) is 23.7 Å². The number of unbranched alkanes of at least 4 members (excludes halogenated alkanes) is 4. The second-order valence-electron chi connectivity index (χ2n) is 18.1. The summed E-state index contributed by atoms with van der Waals surface area (Å²) >= 11 is 0. The molecule has 5 unspecified atom stereocenters. The van der Waals surface area contributed by atoms with E-state index in [1.807, 2.05) is 26.0 Å². The van der Waals surface area contributed by atoms with E-state index in [2.05, 4.69) is 55.6 Å². The van der Waals surface area contributed by atoms with Gasteiger partial charge in [-0.2, -0.15) is 0 Å². The first-order chi connectivity index (χ1) is 29.5. The van der Waals surface area contributed by atoms with Gasteiger partial charge < -0.3 is 28.3 Å². The summed E-state index contributed by atoms with van der Waals surface area (Å²) in [5.41, 5.74) is 0.572. The van der Waals surface area contributed by atoms with Gasteiger partial charge in [-0.15, -0.1) is 5.10 Å². The molecule has 1 aromatic rings. The molecular weight excluding hydrogens is 827 g/mol. The van der Waals surface area contributed by atoms with Gasteiger partial charge in [0.25, 0.3) is 0 Å². The number of esters is 2. The van der Waals surface area contributed by atoms with Crippen LogP contribution < -0.4 is 0 Å². The highest BCUT2D eigenvalue weighted by Gasteiger charge is 2.56. The zero-order chi connectivity index (χ0) is 45.7. The normalized spacial score (nSPS) is 19.8. The molecule has 1 aliphatic carbocycles. The first-order valence-electron chi connectivity index (χ1n) is 23.1. The molecule has 0 radical (unpaired) electrons. The Balaban J connectivity index is 1.45. The van der Waals surface area contributed by atoms with E-state index in [0.29, 0.717) is 57.8 Å². The fourth-order valence-electron chi connectivity index (χ4n) is 8.66. The lowest BCUT2D eigenvalue weighted by atomic mass is 9.89. The maximum absolute atomic E-state index is 13.5. The zero-order valence-electron chi connectivity index (χ0n) is 39.0. The Bertz CT molecular complexity index is 1600. The molecule has 5 atom stereocenters. The number of allylic oxidation sites excluding steroid dienone is 4. The lowest BCUT2D eigenvalue weighted by Gasteiger charge is -2.34. The number of nitrogens with zero attached hydrogens (tertiary/aromatic N) is 5. The number of hydrogen-bond acceptors (Lipinski definition) is 12. The van der Waals surface area contributed by atoms with Crippen LogP contribution in [0.5, 0.6) is 0 Å². The van der Waals surface area contributed by atoms with Crippen molar-refractivity contribution in [3.05, 3.63) is 36.2 Å². The molecule has 2 aliphatic rings. The quantitative estimate of drug-likeness (QED) is 0.0270. The zero-order valence-corrected chi connectivity index (χ0v) is 41.0. The first kappa shape index (κ1) is 52.8. The number of ether oxygens (including phenoxy) is 3.